The number of aromatic amines is 1. The molecule has 0 unspecified atom stereocenters. The van der Waals surface area contributed by atoms with E-state index in [4.69, 9.17) is 0 Å². The topological polar surface area (TPSA) is 77.2 Å². The Bertz CT molecular complexity index is 722. The molecule has 22 heavy (non-hydrogen) atoms. The van der Waals surface area contributed by atoms with Crippen molar-refractivity contribution in [3.8, 4) is 0 Å². The molecule has 1 aromatic carbocycles. The highest BCUT2D eigenvalue weighted by Gasteiger charge is 2.28. The Balaban J connectivity index is 1.78. The summed E-state index contributed by atoms with van der Waals surface area (Å²) in [4.78, 5) is 28.6. The number of fused-ring (bicyclic) bond motifs is 3. The van der Waals surface area contributed by atoms with Crippen LogP contribution in [0.5, 0.6) is 0 Å². The number of hydrogen-bond acceptors (Lipinski definition) is 3. The first kappa shape index (κ1) is 14.6. The van der Waals surface area contributed by atoms with Crippen LogP contribution in [0.1, 0.15) is 24.2 Å². The largest absolute Gasteiger partial charge is 0.357 e. The molecular weight excluding hydrogens is 280 g/mol. The maximum atomic E-state index is 11.9. The minimum Gasteiger partial charge on any atom is -0.357 e. The summed E-state index contributed by atoms with van der Waals surface area (Å²) in [6.07, 6.45) is 0.900. The summed E-state index contributed by atoms with van der Waals surface area (Å²) in [6, 6.07) is 7.91. The second kappa shape index (κ2) is 5.81. The van der Waals surface area contributed by atoms with Gasteiger partial charge >= 0.3 is 6.03 Å². The minimum atomic E-state index is -0.471. The smallest absolute Gasteiger partial charge is 0.321 e. The Morgan fingerprint density at radius 1 is 1.36 bits per heavy atom. The predicted molar refractivity (Wildman–Crippen MR) is 84.6 cm³/mol. The van der Waals surface area contributed by atoms with Gasteiger partial charge in [-0.15, -0.1) is 0 Å². The van der Waals surface area contributed by atoms with E-state index >= 15 is 0 Å². The van der Waals surface area contributed by atoms with Gasteiger partial charge in [-0.1, -0.05) is 18.2 Å². The summed E-state index contributed by atoms with van der Waals surface area (Å²) in [7, 11) is 1.49. The van der Waals surface area contributed by atoms with E-state index in [0.29, 0.717) is 0 Å². The first-order chi connectivity index (χ1) is 10.6. The monoisotopic (exact) mass is 300 g/mol. The van der Waals surface area contributed by atoms with Gasteiger partial charge in [0.1, 0.15) is 0 Å². The zero-order chi connectivity index (χ0) is 15.7. The number of carbonyl (C=O) groups is 2. The average molecular weight is 300 g/mol. The summed E-state index contributed by atoms with van der Waals surface area (Å²) in [5.41, 5.74) is 3.64. The van der Waals surface area contributed by atoms with Crippen molar-refractivity contribution < 1.29 is 9.59 Å². The molecule has 1 atom stereocenters. The zero-order valence-electron chi connectivity index (χ0n) is 12.8. The molecular formula is C16H20N4O2. The average Bonchev–Trinajstić information content (AvgIpc) is 2.89. The van der Waals surface area contributed by atoms with E-state index < -0.39 is 6.03 Å². The maximum absolute atomic E-state index is 11.9. The van der Waals surface area contributed by atoms with Crippen LogP contribution in [-0.2, 0) is 11.2 Å². The molecule has 3 rings (SSSR count). The molecule has 0 radical (unpaired) electrons. The lowest BCUT2D eigenvalue weighted by Crippen LogP contribution is -2.45. The van der Waals surface area contributed by atoms with Crippen molar-refractivity contribution in [2.45, 2.75) is 19.4 Å². The van der Waals surface area contributed by atoms with E-state index in [2.05, 4.69) is 39.6 Å². The van der Waals surface area contributed by atoms with Crippen molar-refractivity contribution in [1.82, 2.24) is 20.5 Å². The SMILES string of the molecule is CNC(=O)NC(=O)CN1CCc2c([nH]c3ccccc23)[C@H]1C. The maximum Gasteiger partial charge on any atom is 0.321 e. The lowest BCUT2D eigenvalue weighted by atomic mass is 9.98. The molecule has 1 aromatic heterocycles. The highest BCUT2D eigenvalue weighted by atomic mass is 16.2. The zero-order valence-corrected chi connectivity index (χ0v) is 12.8. The summed E-state index contributed by atoms with van der Waals surface area (Å²) in [5.74, 6) is -0.286. The number of H-pyrrole nitrogens is 1. The molecule has 6 heteroatoms. The molecule has 0 fully saturated rings. The molecule has 0 saturated heterocycles. The van der Waals surface area contributed by atoms with Gasteiger partial charge in [-0.3, -0.25) is 15.0 Å². The van der Waals surface area contributed by atoms with Gasteiger partial charge in [0.15, 0.2) is 0 Å². The van der Waals surface area contributed by atoms with Crippen LogP contribution in [0.25, 0.3) is 10.9 Å². The van der Waals surface area contributed by atoms with Gasteiger partial charge in [-0.2, -0.15) is 0 Å². The van der Waals surface area contributed by atoms with E-state index in [1.807, 2.05) is 12.1 Å². The van der Waals surface area contributed by atoms with Crippen LogP contribution in [0.4, 0.5) is 4.79 Å². The van der Waals surface area contributed by atoms with Crippen molar-refractivity contribution in [3.05, 3.63) is 35.5 Å². The number of nitrogens with zero attached hydrogens (tertiary/aromatic N) is 1. The lowest BCUT2D eigenvalue weighted by Gasteiger charge is -2.32. The fourth-order valence-electron chi connectivity index (χ4n) is 3.11. The number of urea groups is 1. The van der Waals surface area contributed by atoms with Crippen molar-refractivity contribution in [1.29, 1.82) is 0 Å². The van der Waals surface area contributed by atoms with Gasteiger partial charge in [0, 0.05) is 36.2 Å². The Labute approximate surface area is 128 Å². The summed E-state index contributed by atoms with van der Waals surface area (Å²) in [6.45, 7) is 3.10. The predicted octanol–water partition coefficient (Wildman–Crippen LogP) is 1.54. The van der Waals surface area contributed by atoms with E-state index in [0.717, 1.165) is 18.5 Å². The number of aromatic nitrogens is 1. The van der Waals surface area contributed by atoms with Crippen LogP contribution in [0.2, 0.25) is 0 Å². The number of rotatable bonds is 2. The molecule has 0 aliphatic carbocycles. The summed E-state index contributed by atoms with van der Waals surface area (Å²) >= 11 is 0. The van der Waals surface area contributed by atoms with Crippen LogP contribution in [0.15, 0.2) is 24.3 Å². The number of hydrogen-bond donors (Lipinski definition) is 3. The van der Waals surface area contributed by atoms with E-state index in [1.54, 1.807) is 0 Å². The first-order valence-electron chi connectivity index (χ1n) is 7.45. The van der Waals surface area contributed by atoms with Crippen molar-refractivity contribution >= 4 is 22.8 Å². The molecule has 0 spiro atoms. The van der Waals surface area contributed by atoms with E-state index in [-0.39, 0.29) is 18.5 Å². The Morgan fingerprint density at radius 3 is 2.91 bits per heavy atom. The Morgan fingerprint density at radius 2 is 2.14 bits per heavy atom. The Hall–Kier alpha value is -2.34. The minimum absolute atomic E-state index is 0.117. The van der Waals surface area contributed by atoms with Gasteiger partial charge in [-0.25, -0.2) is 4.79 Å². The molecule has 3 N–H and O–H groups in total. The van der Waals surface area contributed by atoms with Gasteiger partial charge < -0.3 is 10.3 Å². The fraction of sp³-hybridized carbons (Fsp3) is 0.375. The second-order valence-corrected chi connectivity index (χ2v) is 5.59. The van der Waals surface area contributed by atoms with Gasteiger partial charge in [0.2, 0.25) is 5.91 Å². The summed E-state index contributed by atoms with van der Waals surface area (Å²) < 4.78 is 0. The third-order valence-electron chi connectivity index (χ3n) is 4.29. The van der Waals surface area contributed by atoms with E-state index in [9.17, 15) is 9.59 Å². The molecule has 1 aliphatic rings. The lowest BCUT2D eigenvalue weighted by molar-refractivity contribution is -0.121. The number of amides is 3. The quantitative estimate of drug-likeness (QED) is 0.787. The Kier molecular flexibility index (Phi) is 3.85. The van der Waals surface area contributed by atoms with Crippen molar-refractivity contribution in [2.75, 3.05) is 20.1 Å². The van der Waals surface area contributed by atoms with Crippen LogP contribution in [-0.4, -0.2) is 42.0 Å². The standard InChI is InChI=1S/C16H20N4O2/c1-10-15-12(11-5-3-4-6-13(11)18-15)7-8-20(10)9-14(21)19-16(22)17-2/h3-6,10,18H,7-9H2,1-2H3,(H2,17,19,21,22)/t10-/m1/s1. The van der Waals surface area contributed by atoms with E-state index in [1.165, 1.54) is 23.7 Å². The highest BCUT2D eigenvalue weighted by Crippen LogP contribution is 2.33. The number of benzene rings is 1. The number of imide groups is 1. The van der Waals surface area contributed by atoms with Crippen LogP contribution in [0, 0.1) is 0 Å². The second-order valence-electron chi connectivity index (χ2n) is 5.59. The molecule has 3 amide bonds. The number of carbonyl (C=O) groups excluding carboxylic acids is 2. The first-order valence-corrected chi connectivity index (χ1v) is 7.45. The number of para-hydroxylation sites is 1. The summed E-state index contributed by atoms with van der Waals surface area (Å²) in [5, 5.41) is 5.95. The van der Waals surface area contributed by atoms with Gasteiger partial charge in [0.25, 0.3) is 0 Å². The molecule has 1 aliphatic heterocycles. The van der Waals surface area contributed by atoms with Crippen LogP contribution < -0.4 is 10.6 Å². The normalized spacial score (nSPS) is 18.0. The fourth-order valence-corrected chi connectivity index (χ4v) is 3.11. The third-order valence-corrected chi connectivity index (χ3v) is 4.29. The molecule has 116 valence electrons. The van der Waals surface area contributed by atoms with Gasteiger partial charge in [-0.05, 0) is 25.0 Å². The molecule has 2 heterocycles. The third kappa shape index (κ3) is 2.57. The van der Waals surface area contributed by atoms with Gasteiger partial charge in [0.05, 0.1) is 6.54 Å². The van der Waals surface area contributed by atoms with Crippen molar-refractivity contribution in [2.24, 2.45) is 0 Å². The van der Waals surface area contributed by atoms with Crippen LogP contribution >= 0.6 is 0 Å². The number of nitrogens with one attached hydrogen (secondary N) is 3. The van der Waals surface area contributed by atoms with Crippen molar-refractivity contribution in [3.63, 3.8) is 0 Å². The molecule has 0 saturated carbocycles. The van der Waals surface area contributed by atoms with Crippen LogP contribution in [0.3, 0.4) is 0 Å². The molecule has 2 aromatic rings. The molecule has 0 bridgehead atoms. The molecule has 6 nitrogen and oxygen atoms in total. The highest BCUT2D eigenvalue weighted by molar-refractivity contribution is 5.95.